The van der Waals surface area contributed by atoms with Crippen molar-refractivity contribution in [1.82, 2.24) is 15.2 Å². The van der Waals surface area contributed by atoms with E-state index in [4.69, 9.17) is 0 Å². The van der Waals surface area contributed by atoms with E-state index in [1.807, 2.05) is 41.3 Å². The molecule has 30 heavy (non-hydrogen) atoms. The number of rotatable bonds is 4. The van der Waals surface area contributed by atoms with Gasteiger partial charge in [0, 0.05) is 26.3 Å². The summed E-state index contributed by atoms with van der Waals surface area (Å²) in [6, 6.07) is 15.9. The lowest BCUT2D eigenvalue weighted by atomic mass is 9.67. The van der Waals surface area contributed by atoms with Gasteiger partial charge in [-0.05, 0) is 43.4 Å². The summed E-state index contributed by atoms with van der Waals surface area (Å²) in [5.41, 5.74) is 0.592. The summed E-state index contributed by atoms with van der Waals surface area (Å²) in [4.78, 5) is 33.7. The summed E-state index contributed by atoms with van der Waals surface area (Å²) in [5, 5.41) is 2.84. The van der Waals surface area contributed by atoms with Crippen LogP contribution in [-0.2, 0) is 20.4 Å². The molecular weight excluding hydrogens is 374 g/mol. The van der Waals surface area contributed by atoms with Crippen molar-refractivity contribution < 1.29 is 9.59 Å². The van der Waals surface area contributed by atoms with Crippen LogP contribution < -0.4 is 5.32 Å². The van der Waals surface area contributed by atoms with Crippen LogP contribution in [0.3, 0.4) is 0 Å². The fourth-order valence-corrected chi connectivity index (χ4v) is 5.47. The molecule has 1 aromatic heterocycles. The Labute approximate surface area is 178 Å². The number of hydrogen-bond donors (Lipinski definition) is 1. The average molecular weight is 406 g/mol. The minimum absolute atomic E-state index is 0.0592. The number of likely N-dealkylation sites (N-methyl/N-ethyl adjacent to an activating group) is 1. The van der Waals surface area contributed by atoms with Crippen LogP contribution >= 0.6 is 0 Å². The standard InChI is InChI=1S/C25H31N3O2/c1-26-22(29)25(21-13-6-9-17-27-21)16-10-18-28(19-25)23(30)24(14-7-3-8-15-24)20-11-4-2-5-12-20/h2,4-6,9,11-13,17H,3,7-8,10,14-16,18-19H2,1H3,(H,26,29)/t25-/m0/s1. The first-order chi connectivity index (χ1) is 14.6. The first kappa shape index (κ1) is 20.6. The Morgan fingerprint density at radius 2 is 1.60 bits per heavy atom. The van der Waals surface area contributed by atoms with Gasteiger partial charge in [0.25, 0.3) is 0 Å². The highest BCUT2D eigenvalue weighted by atomic mass is 16.2. The normalized spacial score (nSPS) is 23.6. The van der Waals surface area contributed by atoms with E-state index in [-0.39, 0.29) is 11.8 Å². The fourth-order valence-electron chi connectivity index (χ4n) is 5.47. The molecule has 1 aliphatic heterocycles. The Balaban J connectivity index is 1.70. The number of nitrogens with zero attached hydrogens (tertiary/aromatic N) is 2. The number of piperidine rings is 1. The van der Waals surface area contributed by atoms with Crippen LogP contribution in [0.4, 0.5) is 0 Å². The maximum Gasteiger partial charge on any atom is 0.233 e. The largest absolute Gasteiger partial charge is 0.358 e. The maximum atomic E-state index is 14.1. The first-order valence-corrected chi connectivity index (χ1v) is 11.1. The van der Waals surface area contributed by atoms with E-state index < -0.39 is 10.8 Å². The molecule has 2 heterocycles. The van der Waals surface area contributed by atoms with E-state index in [1.54, 1.807) is 13.2 Å². The van der Waals surface area contributed by atoms with Gasteiger partial charge in [0.05, 0.1) is 11.1 Å². The predicted octanol–water partition coefficient (Wildman–Crippen LogP) is 3.59. The lowest BCUT2D eigenvalue weighted by molar-refractivity contribution is -0.143. The molecule has 0 unspecified atom stereocenters. The smallest absolute Gasteiger partial charge is 0.233 e. The second-order valence-electron chi connectivity index (χ2n) is 8.72. The van der Waals surface area contributed by atoms with E-state index in [0.29, 0.717) is 19.5 Å². The molecule has 5 heteroatoms. The van der Waals surface area contributed by atoms with Gasteiger partial charge in [0.2, 0.25) is 11.8 Å². The summed E-state index contributed by atoms with van der Waals surface area (Å²) in [6.07, 6.45) is 8.29. The van der Waals surface area contributed by atoms with Crippen LogP contribution in [0.25, 0.3) is 0 Å². The number of amides is 2. The summed E-state index contributed by atoms with van der Waals surface area (Å²) in [7, 11) is 1.67. The lowest BCUT2D eigenvalue weighted by Crippen LogP contribution is -2.59. The van der Waals surface area contributed by atoms with E-state index >= 15 is 0 Å². The zero-order valence-electron chi connectivity index (χ0n) is 17.8. The molecule has 0 bridgehead atoms. The van der Waals surface area contributed by atoms with Gasteiger partial charge in [0.15, 0.2) is 0 Å². The van der Waals surface area contributed by atoms with E-state index in [1.165, 1.54) is 6.42 Å². The molecule has 2 aliphatic rings. The zero-order valence-corrected chi connectivity index (χ0v) is 17.8. The van der Waals surface area contributed by atoms with Crippen molar-refractivity contribution in [1.29, 1.82) is 0 Å². The minimum Gasteiger partial charge on any atom is -0.358 e. The third-order valence-corrected chi connectivity index (χ3v) is 7.04. The summed E-state index contributed by atoms with van der Waals surface area (Å²) in [6.45, 7) is 1.08. The van der Waals surface area contributed by atoms with E-state index in [9.17, 15) is 9.59 Å². The Hall–Kier alpha value is -2.69. The minimum atomic E-state index is -0.795. The van der Waals surface area contributed by atoms with E-state index in [0.717, 1.165) is 43.4 Å². The number of nitrogens with one attached hydrogen (secondary N) is 1. The number of likely N-dealkylation sites (tertiary alicyclic amines) is 1. The molecule has 4 rings (SSSR count). The zero-order chi connectivity index (χ0) is 21.0. The molecule has 158 valence electrons. The second kappa shape index (κ2) is 8.58. The van der Waals surface area contributed by atoms with Crippen LogP contribution in [0.1, 0.15) is 56.2 Å². The number of carbonyl (C=O) groups excluding carboxylic acids is 2. The quantitative estimate of drug-likeness (QED) is 0.846. The SMILES string of the molecule is CNC(=O)[C@@]1(c2ccccn2)CCCN(C(=O)C2(c3ccccc3)CCCCC2)C1. The number of benzene rings is 1. The lowest BCUT2D eigenvalue weighted by Gasteiger charge is -2.46. The number of aromatic nitrogens is 1. The molecule has 1 atom stereocenters. The summed E-state index contributed by atoms with van der Waals surface area (Å²) >= 11 is 0. The van der Waals surface area contributed by atoms with Crippen molar-refractivity contribution in [2.75, 3.05) is 20.1 Å². The Kier molecular flexibility index (Phi) is 5.89. The van der Waals surface area contributed by atoms with Crippen LogP contribution in [0.15, 0.2) is 54.7 Å². The molecule has 1 saturated heterocycles. The molecule has 1 aromatic carbocycles. The van der Waals surface area contributed by atoms with Crippen molar-refractivity contribution in [2.45, 2.75) is 55.8 Å². The maximum absolute atomic E-state index is 14.1. The first-order valence-electron chi connectivity index (χ1n) is 11.1. The molecule has 1 N–H and O–H groups in total. The molecule has 1 saturated carbocycles. The van der Waals surface area contributed by atoms with Crippen molar-refractivity contribution in [3.63, 3.8) is 0 Å². The van der Waals surface area contributed by atoms with Gasteiger partial charge < -0.3 is 10.2 Å². The van der Waals surface area contributed by atoms with Gasteiger partial charge in [-0.15, -0.1) is 0 Å². The van der Waals surface area contributed by atoms with Crippen molar-refractivity contribution in [3.05, 3.63) is 66.0 Å². The number of pyridine rings is 1. The molecule has 0 radical (unpaired) electrons. The monoisotopic (exact) mass is 405 g/mol. The molecule has 0 spiro atoms. The van der Waals surface area contributed by atoms with E-state index in [2.05, 4.69) is 22.4 Å². The molecule has 1 aliphatic carbocycles. The highest BCUT2D eigenvalue weighted by Gasteiger charge is 2.50. The third kappa shape index (κ3) is 3.51. The van der Waals surface area contributed by atoms with Crippen LogP contribution in [0.2, 0.25) is 0 Å². The topological polar surface area (TPSA) is 62.3 Å². The Bertz CT molecular complexity index is 878. The molecule has 2 amide bonds. The highest BCUT2D eigenvalue weighted by Crippen LogP contribution is 2.43. The highest BCUT2D eigenvalue weighted by molar-refractivity contribution is 5.92. The van der Waals surface area contributed by atoms with Crippen LogP contribution in [0, 0.1) is 0 Å². The summed E-state index contributed by atoms with van der Waals surface area (Å²) in [5.74, 6) is 0.119. The molecule has 2 aromatic rings. The average Bonchev–Trinajstić information content (AvgIpc) is 2.84. The van der Waals surface area contributed by atoms with Gasteiger partial charge in [-0.3, -0.25) is 14.6 Å². The van der Waals surface area contributed by atoms with Gasteiger partial charge in [0.1, 0.15) is 5.41 Å². The number of carbonyl (C=O) groups is 2. The van der Waals surface area contributed by atoms with Crippen molar-refractivity contribution >= 4 is 11.8 Å². The predicted molar refractivity (Wildman–Crippen MR) is 117 cm³/mol. The molecule has 2 fully saturated rings. The second-order valence-corrected chi connectivity index (χ2v) is 8.72. The molecular formula is C25H31N3O2. The van der Waals surface area contributed by atoms with Crippen LogP contribution in [0.5, 0.6) is 0 Å². The van der Waals surface area contributed by atoms with Crippen LogP contribution in [-0.4, -0.2) is 41.8 Å². The molecule has 5 nitrogen and oxygen atoms in total. The Morgan fingerprint density at radius 1 is 0.900 bits per heavy atom. The van der Waals surface area contributed by atoms with Crippen molar-refractivity contribution in [3.8, 4) is 0 Å². The van der Waals surface area contributed by atoms with Crippen molar-refractivity contribution in [2.24, 2.45) is 0 Å². The van der Waals surface area contributed by atoms with Gasteiger partial charge in [-0.1, -0.05) is 55.7 Å². The summed E-state index contributed by atoms with van der Waals surface area (Å²) < 4.78 is 0. The Morgan fingerprint density at radius 3 is 2.27 bits per heavy atom. The number of hydrogen-bond acceptors (Lipinski definition) is 3. The van der Waals surface area contributed by atoms with Gasteiger partial charge in [-0.2, -0.15) is 0 Å². The third-order valence-electron chi connectivity index (χ3n) is 7.04. The van der Waals surface area contributed by atoms with Gasteiger partial charge >= 0.3 is 0 Å². The van der Waals surface area contributed by atoms with Gasteiger partial charge in [-0.25, -0.2) is 0 Å². The fraction of sp³-hybridized carbons (Fsp3) is 0.480.